The van der Waals surface area contributed by atoms with Crippen molar-refractivity contribution in [2.45, 2.75) is 20.3 Å². The number of rotatable bonds is 9. The van der Waals surface area contributed by atoms with Gasteiger partial charge >= 0.3 is 5.97 Å². The van der Waals surface area contributed by atoms with E-state index in [2.05, 4.69) is 0 Å². The Morgan fingerprint density at radius 3 is 2.50 bits per heavy atom. The van der Waals surface area contributed by atoms with Crippen molar-refractivity contribution in [1.29, 1.82) is 0 Å². The molecule has 2 amide bonds. The van der Waals surface area contributed by atoms with Crippen LogP contribution in [0.25, 0.3) is 11.0 Å². The molecule has 0 spiro atoms. The molecular weight excluding hydrogens is 419 g/mol. The summed E-state index contributed by atoms with van der Waals surface area (Å²) < 4.78 is 29.5. The standard InChI is InChI=1S/C23H23FN2O6/c1-3-30-17-8-9-19-18(12-17)14(2)22(32-19)23(29)31-13-21(28)26(11-10-20(25)27)16-6-4-15(24)5-7-16/h4-9,12H,3,10-11,13H2,1-2H3,(H2,25,27). The van der Waals surface area contributed by atoms with Gasteiger partial charge in [0.05, 0.1) is 6.61 Å². The van der Waals surface area contributed by atoms with Gasteiger partial charge in [0, 0.05) is 29.6 Å². The molecule has 3 aromatic rings. The van der Waals surface area contributed by atoms with Gasteiger partial charge in [0.1, 0.15) is 17.1 Å². The number of primary amides is 1. The Balaban J connectivity index is 1.74. The first kappa shape index (κ1) is 22.8. The molecule has 8 nitrogen and oxygen atoms in total. The van der Waals surface area contributed by atoms with Gasteiger partial charge in [-0.2, -0.15) is 0 Å². The molecule has 3 rings (SSSR count). The highest BCUT2D eigenvalue weighted by Gasteiger charge is 2.23. The first-order chi connectivity index (χ1) is 15.3. The predicted molar refractivity (Wildman–Crippen MR) is 115 cm³/mol. The van der Waals surface area contributed by atoms with Gasteiger partial charge in [-0.15, -0.1) is 0 Å². The van der Waals surface area contributed by atoms with Gasteiger partial charge < -0.3 is 24.5 Å². The Morgan fingerprint density at radius 1 is 1.12 bits per heavy atom. The lowest BCUT2D eigenvalue weighted by Gasteiger charge is -2.22. The molecule has 1 aromatic heterocycles. The van der Waals surface area contributed by atoms with E-state index in [0.29, 0.717) is 34.6 Å². The van der Waals surface area contributed by atoms with Crippen molar-refractivity contribution in [3.8, 4) is 5.75 Å². The largest absolute Gasteiger partial charge is 0.494 e. The molecule has 2 aromatic carbocycles. The Kier molecular flexibility index (Phi) is 7.09. The monoisotopic (exact) mass is 442 g/mol. The van der Waals surface area contributed by atoms with E-state index >= 15 is 0 Å². The van der Waals surface area contributed by atoms with Gasteiger partial charge in [-0.05, 0) is 56.3 Å². The van der Waals surface area contributed by atoms with E-state index < -0.39 is 30.2 Å². The van der Waals surface area contributed by atoms with E-state index in [9.17, 15) is 18.8 Å². The van der Waals surface area contributed by atoms with Gasteiger partial charge in [0.2, 0.25) is 11.7 Å². The Labute approximate surface area is 183 Å². The third kappa shape index (κ3) is 5.23. The molecule has 32 heavy (non-hydrogen) atoms. The zero-order valence-electron chi connectivity index (χ0n) is 17.7. The van der Waals surface area contributed by atoms with Crippen molar-refractivity contribution in [2.75, 3.05) is 24.7 Å². The first-order valence-corrected chi connectivity index (χ1v) is 9.97. The van der Waals surface area contributed by atoms with Crippen molar-refractivity contribution in [3.63, 3.8) is 0 Å². The van der Waals surface area contributed by atoms with Crippen LogP contribution in [0.1, 0.15) is 29.5 Å². The SMILES string of the molecule is CCOc1ccc2oc(C(=O)OCC(=O)N(CCC(N)=O)c3ccc(F)cc3)c(C)c2c1. The molecule has 168 valence electrons. The van der Waals surface area contributed by atoms with Crippen molar-refractivity contribution < 1.29 is 32.7 Å². The van der Waals surface area contributed by atoms with Crippen LogP contribution in [-0.2, 0) is 14.3 Å². The smallest absolute Gasteiger partial charge is 0.375 e. The third-order valence-electron chi connectivity index (χ3n) is 4.75. The highest BCUT2D eigenvalue weighted by Crippen LogP contribution is 2.29. The molecule has 2 N–H and O–H groups in total. The van der Waals surface area contributed by atoms with Crippen LogP contribution in [0.5, 0.6) is 5.75 Å². The highest BCUT2D eigenvalue weighted by atomic mass is 19.1. The summed E-state index contributed by atoms with van der Waals surface area (Å²) in [4.78, 5) is 37.7. The maximum atomic E-state index is 13.2. The summed E-state index contributed by atoms with van der Waals surface area (Å²) in [7, 11) is 0. The van der Waals surface area contributed by atoms with Crippen molar-refractivity contribution in [1.82, 2.24) is 0 Å². The van der Waals surface area contributed by atoms with Gasteiger partial charge in [-0.25, -0.2) is 9.18 Å². The molecule has 9 heteroatoms. The van der Waals surface area contributed by atoms with Crippen LogP contribution < -0.4 is 15.4 Å². The lowest BCUT2D eigenvalue weighted by Crippen LogP contribution is -2.37. The topological polar surface area (TPSA) is 112 Å². The Morgan fingerprint density at radius 2 is 1.84 bits per heavy atom. The van der Waals surface area contributed by atoms with E-state index in [0.717, 1.165) is 0 Å². The zero-order chi connectivity index (χ0) is 23.3. The number of ether oxygens (including phenoxy) is 2. The lowest BCUT2D eigenvalue weighted by atomic mass is 10.1. The number of fused-ring (bicyclic) bond motifs is 1. The fraction of sp³-hybridized carbons (Fsp3) is 0.261. The Hall–Kier alpha value is -3.88. The number of halogens is 1. The molecule has 0 unspecified atom stereocenters. The van der Waals surface area contributed by atoms with Crippen LogP contribution in [0.4, 0.5) is 10.1 Å². The van der Waals surface area contributed by atoms with Gasteiger partial charge in [-0.1, -0.05) is 0 Å². The first-order valence-electron chi connectivity index (χ1n) is 9.97. The minimum atomic E-state index is -0.807. The molecular formula is C23H23FN2O6. The number of esters is 1. The number of carbonyl (C=O) groups is 3. The fourth-order valence-electron chi connectivity index (χ4n) is 3.16. The number of anilines is 1. The second kappa shape index (κ2) is 9.95. The van der Waals surface area contributed by atoms with E-state index in [4.69, 9.17) is 19.6 Å². The summed E-state index contributed by atoms with van der Waals surface area (Å²) in [6.07, 6.45) is -0.109. The van der Waals surface area contributed by atoms with Crippen molar-refractivity contribution in [3.05, 3.63) is 59.6 Å². The number of hydrogen-bond acceptors (Lipinski definition) is 6. The number of amides is 2. The molecule has 0 radical (unpaired) electrons. The quantitative estimate of drug-likeness (QED) is 0.509. The van der Waals surface area contributed by atoms with Gasteiger partial charge in [0.15, 0.2) is 6.61 Å². The van der Waals surface area contributed by atoms with Crippen LogP contribution in [0, 0.1) is 12.7 Å². The number of carbonyl (C=O) groups excluding carboxylic acids is 3. The van der Waals surface area contributed by atoms with E-state index in [1.54, 1.807) is 25.1 Å². The fourth-order valence-corrected chi connectivity index (χ4v) is 3.16. The van der Waals surface area contributed by atoms with Crippen LogP contribution in [0.15, 0.2) is 46.9 Å². The van der Waals surface area contributed by atoms with Crippen molar-refractivity contribution >= 4 is 34.4 Å². The van der Waals surface area contributed by atoms with Crippen LogP contribution >= 0.6 is 0 Å². The maximum absolute atomic E-state index is 13.2. The van der Waals surface area contributed by atoms with E-state index in [1.165, 1.54) is 29.2 Å². The number of nitrogens with zero attached hydrogens (tertiary/aromatic N) is 1. The van der Waals surface area contributed by atoms with Crippen LogP contribution in [0.2, 0.25) is 0 Å². The summed E-state index contributed by atoms with van der Waals surface area (Å²) in [6.45, 7) is 3.43. The minimum Gasteiger partial charge on any atom is -0.494 e. The Bertz CT molecular complexity index is 1140. The molecule has 0 aliphatic rings. The number of furan rings is 1. The summed E-state index contributed by atoms with van der Waals surface area (Å²) >= 11 is 0. The zero-order valence-corrected chi connectivity index (χ0v) is 17.7. The third-order valence-corrected chi connectivity index (χ3v) is 4.75. The second-order valence-corrected chi connectivity index (χ2v) is 6.96. The number of benzene rings is 2. The summed E-state index contributed by atoms with van der Waals surface area (Å²) in [5.41, 5.74) is 6.57. The molecule has 0 saturated carbocycles. The summed E-state index contributed by atoms with van der Waals surface area (Å²) in [5, 5.41) is 0.698. The molecule has 0 aliphatic heterocycles. The van der Waals surface area contributed by atoms with Gasteiger partial charge in [-0.3, -0.25) is 9.59 Å². The second-order valence-electron chi connectivity index (χ2n) is 6.96. The highest BCUT2D eigenvalue weighted by molar-refractivity contribution is 5.99. The molecule has 0 atom stereocenters. The van der Waals surface area contributed by atoms with Crippen molar-refractivity contribution in [2.24, 2.45) is 5.73 Å². The maximum Gasteiger partial charge on any atom is 0.375 e. The molecule has 0 saturated heterocycles. The summed E-state index contributed by atoms with van der Waals surface area (Å²) in [5.74, 6) is -1.87. The number of nitrogens with two attached hydrogens (primary N) is 1. The van der Waals surface area contributed by atoms with Crippen LogP contribution in [-0.4, -0.2) is 37.5 Å². The average molecular weight is 442 g/mol. The van der Waals surface area contributed by atoms with E-state index in [1.807, 2.05) is 6.92 Å². The average Bonchev–Trinajstić information content (AvgIpc) is 3.09. The molecule has 0 bridgehead atoms. The van der Waals surface area contributed by atoms with Gasteiger partial charge in [0.25, 0.3) is 5.91 Å². The van der Waals surface area contributed by atoms with E-state index in [-0.39, 0.29) is 18.7 Å². The minimum absolute atomic E-state index is 0.0214. The molecule has 0 aliphatic carbocycles. The van der Waals surface area contributed by atoms with Crippen LogP contribution in [0.3, 0.4) is 0 Å². The number of aryl methyl sites for hydroxylation is 1. The normalized spacial score (nSPS) is 10.7. The summed E-state index contributed by atoms with van der Waals surface area (Å²) in [6, 6.07) is 10.3. The number of hydrogen-bond donors (Lipinski definition) is 1. The lowest BCUT2D eigenvalue weighted by molar-refractivity contribution is -0.122. The molecule has 1 heterocycles. The predicted octanol–water partition coefficient (Wildman–Crippen LogP) is 3.34. The molecule has 0 fully saturated rings.